The van der Waals surface area contributed by atoms with Gasteiger partial charge in [0, 0.05) is 25.7 Å². The van der Waals surface area contributed by atoms with Crippen LogP contribution in [-0.2, 0) is 4.79 Å². The number of hydrogen-bond donors (Lipinski definition) is 1. The molecule has 0 bridgehead atoms. The first-order valence-corrected chi connectivity index (χ1v) is 6.34. The predicted molar refractivity (Wildman–Crippen MR) is 70.4 cm³/mol. The number of benzene rings is 1. The molecule has 1 heterocycles. The number of carbonyl (C=O) groups is 1. The molecule has 2 rings (SSSR count). The Labute approximate surface area is 116 Å². The maximum Gasteiger partial charge on any atom is 0.293 e. The molecule has 1 aliphatic heterocycles. The van der Waals surface area contributed by atoms with Crippen LogP contribution in [0.15, 0.2) is 16.6 Å². The third kappa shape index (κ3) is 2.67. The van der Waals surface area contributed by atoms with Crippen molar-refractivity contribution in [2.75, 3.05) is 18.9 Å². The number of nitrogens with zero attached hydrogens (tertiary/aromatic N) is 2. The molecule has 6 nitrogen and oxygen atoms in total. The van der Waals surface area contributed by atoms with Crippen LogP contribution in [-0.4, -0.2) is 35.4 Å². The minimum Gasteiger partial charge on any atom is -0.368 e. The number of nitro groups is 1. The largest absolute Gasteiger partial charge is 0.368 e. The molecule has 1 fully saturated rings. The van der Waals surface area contributed by atoms with Gasteiger partial charge in [0.1, 0.15) is 17.5 Å². The van der Waals surface area contributed by atoms with Gasteiger partial charge in [0.25, 0.3) is 5.69 Å². The second-order valence-corrected chi connectivity index (χ2v) is 5.14. The molecule has 1 saturated heterocycles. The van der Waals surface area contributed by atoms with E-state index in [-0.39, 0.29) is 21.8 Å². The second kappa shape index (κ2) is 5.12. The number of nitrogens with one attached hydrogen (secondary N) is 1. The summed E-state index contributed by atoms with van der Waals surface area (Å²) in [5.74, 6) is -0.774. The standard InChI is InChI=1S/C11H11BrFN3O3/c1-15-3-2-8(11(15)17)14-9-5-7(13)6(12)4-10(9)16(18)19/h4-5,8,14H,2-3H2,1H3. The number of rotatable bonds is 3. The van der Waals surface area contributed by atoms with Gasteiger partial charge in [0.2, 0.25) is 5.91 Å². The van der Waals surface area contributed by atoms with Crippen molar-refractivity contribution < 1.29 is 14.1 Å². The Hall–Kier alpha value is -1.70. The lowest BCUT2D eigenvalue weighted by Crippen LogP contribution is -2.31. The molecule has 1 N–H and O–H groups in total. The van der Waals surface area contributed by atoms with Gasteiger partial charge in [-0.25, -0.2) is 4.39 Å². The maximum absolute atomic E-state index is 13.5. The van der Waals surface area contributed by atoms with Crippen LogP contribution < -0.4 is 5.32 Å². The Morgan fingerprint density at radius 3 is 2.79 bits per heavy atom. The summed E-state index contributed by atoms with van der Waals surface area (Å²) in [6, 6.07) is 1.55. The summed E-state index contributed by atoms with van der Waals surface area (Å²) in [6.45, 7) is 0.573. The topological polar surface area (TPSA) is 75.5 Å². The zero-order chi connectivity index (χ0) is 14.2. The average molecular weight is 332 g/mol. The number of likely N-dealkylation sites (tertiary alicyclic amines) is 1. The molecule has 0 saturated carbocycles. The van der Waals surface area contributed by atoms with Crippen LogP contribution in [0.4, 0.5) is 15.8 Å². The highest BCUT2D eigenvalue weighted by Gasteiger charge is 2.31. The maximum atomic E-state index is 13.5. The van der Waals surface area contributed by atoms with Crippen LogP contribution in [0, 0.1) is 15.9 Å². The number of carbonyl (C=O) groups excluding carboxylic acids is 1. The number of nitro benzene ring substituents is 1. The van der Waals surface area contributed by atoms with E-state index in [0.717, 1.165) is 12.1 Å². The number of anilines is 1. The van der Waals surface area contributed by atoms with Crippen molar-refractivity contribution in [1.29, 1.82) is 0 Å². The fraction of sp³-hybridized carbons (Fsp3) is 0.364. The van der Waals surface area contributed by atoms with Crippen molar-refractivity contribution >= 4 is 33.2 Å². The number of likely N-dealkylation sites (N-methyl/N-ethyl adjacent to an activating group) is 1. The fourth-order valence-electron chi connectivity index (χ4n) is 1.95. The summed E-state index contributed by atoms with van der Waals surface area (Å²) < 4.78 is 13.5. The molecule has 8 heteroatoms. The minimum absolute atomic E-state index is 0.0133. The number of hydrogen-bond acceptors (Lipinski definition) is 4. The van der Waals surface area contributed by atoms with Gasteiger partial charge in [-0.3, -0.25) is 14.9 Å². The van der Waals surface area contributed by atoms with E-state index in [0.29, 0.717) is 13.0 Å². The molecule has 1 unspecified atom stereocenters. The van der Waals surface area contributed by atoms with Crippen molar-refractivity contribution in [2.45, 2.75) is 12.5 Å². The van der Waals surface area contributed by atoms with Crippen LogP contribution in [0.25, 0.3) is 0 Å². The Morgan fingerprint density at radius 1 is 1.58 bits per heavy atom. The van der Waals surface area contributed by atoms with Crippen LogP contribution >= 0.6 is 15.9 Å². The highest BCUT2D eigenvalue weighted by molar-refractivity contribution is 9.10. The van der Waals surface area contributed by atoms with Crippen LogP contribution in [0.5, 0.6) is 0 Å². The van der Waals surface area contributed by atoms with Crippen molar-refractivity contribution in [3.63, 3.8) is 0 Å². The van der Waals surface area contributed by atoms with Crippen LogP contribution in [0.2, 0.25) is 0 Å². The molecular formula is C11H11BrFN3O3. The highest BCUT2D eigenvalue weighted by atomic mass is 79.9. The van der Waals surface area contributed by atoms with Crippen LogP contribution in [0.3, 0.4) is 0 Å². The molecule has 1 aromatic rings. The molecule has 1 atom stereocenters. The van der Waals surface area contributed by atoms with Crippen molar-refractivity contribution in [2.24, 2.45) is 0 Å². The van der Waals surface area contributed by atoms with E-state index in [1.165, 1.54) is 4.90 Å². The van der Waals surface area contributed by atoms with Gasteiger partial charge >= 0.3 is 0 Å². The van der Waals surface area contributed by atoms with Gasteiger partial charge in [-0.15, -0.1) is 0 Å². The average Bonchev–Trinajstić information content (AvgIpc) is 2.65. The van der Waals surface area contributed by atoms with Gasteiger partial charge in [-0.1, -0.05) is 0 Å². The number of halogens is 2. The van der Waals surface area contributed by atoms with Crippen molar-refractivity contribution in [3.05, 3.63) is 32.5 Å². The Bertz CT molecular complexity index is 552. The highest BCUT2D eigenvalue weighted by Crippen LogP contribution is 2.31. The molecule has 1 amide bonds. The third-order valence-electron chi connectivity index (χ3n) is 2.99. The molecule has 102 valence electrons. The summed E-state index contributed by atoms with van der Waals surface area (Å²) in [7, 11) is 1.65. The summed E-state index contributed by atoms with van der Waals surface area (Å²) in [5.41, 5.74) is -0.255. The molecule has 1 aliphatic rings. The second-order valence-electron chi connectivity index (χ2n) is 4.29. The van der Waals surface area contributed by atoms with Gasteiger partial charge in [-0.2, -0.15) is 0 Å². The lowest BCUT2D eigenvalue weighted by molar-refractivity contribution is -0.384. The van der Waals surface area contributed by atoms with E-state index in [2.05, 4.69) is 21.2 Å². The lowest BCUT2D eigenvalue weighted by atomic mass is 10.2. The van der Waals surface area contributed by atoms with Gasteiger partial charge in [0.15, 0.2) is 0 Å². The SMILES string of the molecule is CN1CCC(Nc2cc(F)c(Br)cc2[N+](=O)[O-])C1=O. The first-order valence-electron chi connectivity index (χ1n) is 5.55. The number of amides is 1. The quantitative estimate of drug-likeness (QED) is 0.680. The monoisotopic (exact) mass is 331 g/mol. The van der Waals surface area contributed by atoms with E-state index in [9.17, 15) is 19.3 Å². The summed E-state index contributed by atoms with van der Waals surface area (Å²) in [6.07, 6.45) is 0.532. The van der Waals surface area contributed by atoms with E-state index in [1.807, 2.05) is 0 Å². The minimum atomic E-state index is -0.619. The van der Waals surface area contributed by atoms with E-state index in [4.69, 9.17) is 0 Å². The Morgan fingerprint density at radius 2 is 2.26 bits per heavy atom. The zero-order valence-corrected chi connectivity index (χ0v) is 11.6. The summed E-state index contributed by atoms with van der Waals surface area (Å²) in [4.78, 5) is 23.6. The molecule has 0 aromatic heterocycles. The summed E-state index contributed by atoms with van der Waals surface area (Å²) in [5, 5.41) is 13.7. The molecule has 19 heavy (non-hydrogen) atoms. The molecule has 0 spiro atoms. The Balaban J connectivity index is 2.32. The molecule has 1 aromatic carbocycles. The first-order chi connectivity index (χ1) is 8.90. The van der Waals surface area contributed by atoms with E-state index < -0.39 is 16.8 Å². The van der Waals surface area contributed by atoms with Gasteiger partial charge in [-0.05, 0) is 22.4 Å². The smallest absolute Gasteiger partial charge is 0.293 e. The van der Waals surface area contributed by atoms with E-state index in [1.54, 1.807) is 7.05 Å². The predicted octanol–water partition coefficient (Wildman–Crippen LogP) is 2.14. The van der Waals surface area contributed by atoms with E-state index >= 15 is 0 Å². The van der Waals surface area contributed by atoms with Crippen molar-refractivity contribution in [1.82, 2.24) is 4.90 Å². The van der Waals surface area contributed by atoms with Crippen molar-refractivity contribution in [3.8, 4) is 0 Å². The fourth-order valence-corrected chi connectivity index (χ4v) is 2.28. The Kier molecular flexibility index (Phi) is 3.70. The molecular weight excluding hydrogens is 321 g/mol. The summed E-state index contributed by atoms with van der Waals surface area (Å²) >= 11 is 2.90. The normalized spacial score (nSPS) is 18.8. The first kappa shape index (κ1) is 13.7. The van der Waals surface area contributed by atoms with Gasteiger partial charge in [0.05, 0.1) is 9.40 Å². The molecule has 0 aliphatic carbocycles. The van der Waals surface area contributed by atoms with Gasteiger partial charge < -0.3 is 10.2 Å². The molecule has 0 radical (unpaired) electrons. The zero-order valence-electron chi connectivity index (χ0n) is 10.0. The third-order valence-corrected chi connectivity index (χ3v) is 3.60. The lowest BCUT2D eigenvalue weighted by Gasteiger charge is -2.14. The van der Waals surface area contributed by atoms with Crippen LogP contribution in [0.1, 0.15) is 6.42 Å².